The second-order valence-corrected chi connectivity index (χ2v) is 7.38. The van der Waals surface area contributed by atoms with Crippen molar-refractivity contribution >= 4 is 17.7 Å². The van der Waals surface area contributed by atoms with Crippen molar-refractivity contribution in [3.63, 3.8) is 0 Å². The Kier molecular flexibility index (Phi) is 5.42. The highest BCUT2D eigenvalue weighted by Crippen LogP contribution is 2.41. The molecule has 25 heavy (non-hydrogen) atoms. The van der Waals surface area contributed by atoms with E-state index in [-0.39, 0.29) is 17.4 Å². The average Bonchev–Trinajstić information content (AvgIpc) is 2.94. The molecule has 2 unspecified atom stereocenters. The molecule has 0 spiro atoms. The van der Waals surface area contributed by atoms with Crippen molar-refractivity contribution in [1.82, 2.24) is 15.3 Å². The number of ether oxygens (including phenoxy) is 1. The van der Waals surface area contributed by atoms with Gasteiger partial charge in [-0.25, -0.2) is 4.98 Å². The summed E-state index contributed by atoms with van der Waals surface area (Å²) < 4.78 is 5.31. The molecule has 1 saturated carbocycles. The third-order valence-corrected chi connectivity index (χ3v) is 5.58. The Morgan fingerprint density at radius 3 is 2.88 bits per heavy atom. The Labute approximate surface area is 149 Å². The van der Waals surface area contributed by atoms with Gasteiger partial charge in [0.05, 0.1) is 18.1 Å². The summed E-state index contributed by atoms with van der Waals surface area (Å²) in [6.07, 6.45) is 6.77. The first kappa shape index (κ1) is 17.9. The molecule has 1 aliphatic heterocycles. The van der Waals surface area contributed by atoms with Crippen molar-refractivity contribution in [2.45, 2.75) is 45.1 Å². The van der Waals surface area contributed by atoms with Gasteiger partial charge in [0.15, 0.2) is 0 Å². The van der Waals surface area contributed by atoms with Crippen LogP contribution in [0.25, 0.3) is 0 Å². The van der Waals surface area contributed by atoms with E-state index in [0.29, 0.717) is 24.3 Å². The monoisotopic (exact) mass is 347 g/mol. The van der Waals surface area contributed by atoms with E-state index in [2.05, 4.69) is 27.1 Å². The maximum absolute atomic E-state index is 12.9. The number of anilines is 2. The number of amides is 1. The molecule has 2 fully saturated rings. The van der Waals surface area contributed by atoms with Gasteiger partial charge in [-0.1, -0.05) is 19.8 Å². The summed E-state index contributed by atoms with van der Waals surface area (Å²) >= 11 is 0. The van der Waals surface area contributed by atoms with Gasteiger partial charge in [-0.2, -0.15) is 4.98 Å². The number of nitrogens with two attached hydrogens (primary N) is 1. The van der Waals surface area contributed by atoms with E-state index in [4.69, 9.17) is 10.5 Å². The lowest BCUT2D eigenvalue weighted by Crippen LogP contribution is -2.53. The van der Waals surface area contributed by atoms with Crippen molar-refractivity contribution in [2.24, 2.45) is 11.3 Å². The molecule has 1 aromatic rings. The lowest BCUT2D eigenvalue weighted by Gasteiger charge is -2.40. The number of nitrogens with one attached hydrogen (secondary N) is 1. The van der Waals surface area contributed by atoms with E-state index in [9.17, 15) is 4.79 Å². The van der Waals surface area contributed by atoms with Crippen molar-refractivity contribution in [3.05, 3.63) is 12.3 Å². The van der Waals surface area contributed by atoms with Crippen LogP contribution in [0.4, 0.5) is 11.8 Å². The molecule has 1 saturated heterocycles. The van der Waals surface area contributed by atoms with E-state index in [1.165, 1.54) is 0 Å². The Balaban J connectivity index is 1.69. The first-order valence-corrected chi connectivity index (χ1v) is 9.21. The third kappa shape index (κ3) is 3.71. The Morgan fingerprint density at radius 2 is 2.28 bits per heavy atom. The van der Waals surface area contributed by atoms with Crippen LogP contribution in [0.15, 0.2) is 12.3 Å². The minimum atomic E-state index is -0.327. The molecule has 2 atom stereocenters. The van der Waals surface area contributed by atoms with Crippen molar-refractivity contribution < 1.29 is 9.53 Å². The number of rotatable bonds is 7. The Hall–Kier alpha value is -1.89. The smallest absolute Gasteiger partial charge is 0.228 e. The highest BCUT2D eigenvalue weighted by Gasteiger charge is 2.46. The van der Waals surface area contributed by atoms with Gasteiger partial charge in [0.2, 0.25) is 11.9 Å². The van der Waals surface area contributed by atoms with Gasteiger partial charge in [0, 0.05) is 26.4 Å². The molecule has 2 heterocycles. The van der Waals surface area contributed by atoms with Gasteiger partial charge < -0.3 is 20.7 Å². The van der Waals surface area contributed by atoms with Crippen molar-refractivity contribution in [2.75, 3.05) is 37.4 Å². The molecule has 7 nitrogen and oxygen atoms in total. The lowest BCUT2D eigenvalue weighted by molar-refractivity contribution is -0.141. The minimum Gasteiger partial charge on any atom is -0.384 e. The summed E-state index contributed by atoms with van der Waals surface area (Å²) in [5.41, 5.74) is 5.46. The lowest BCUT2D eigenvalue weighted by atomic mass is 9.68. The zero-order valence-corrected chi connectivity index (χ0v) is 15.2. The second kappa shape index (κ2) is 7.56. The van der Waals surface area contributed by atoms with Gasteiger partial charge in [-0.15, -0.1) is 0 Å². The molecule has 3 N–H and O–H groups in total. The Morgan fingerprint density at radius 1 is 1.48 bits per heavy atom. The standard InChI is InChI=1S/C18H29N5O2/c1-3-5-13-10-23(17-20-9-6-15(19)22-17)11-14(13)21-16(24)18(12-25-2)7-4-8-18/h6,9,13-14H,3-5,7-8,10-12H2,1-2H3,(H,21,24)(H2,19,20,22). The van der Waals surface area contributed by atoms with Crippen LogP contribution >= 0.6 is 0 Å². The minimum absolute atomic E-state index is 0.117. The highest BCUT2D eigenvalue weighted by molar-refractivity contribution is 5.84. The molecule has 3 rings (SSSR count). The molecule has 1 aliphatic carbocycles. The van der Waals surface area contributed by atoms with Gasteiger partial charge in [-0.3, -0.25) is 4.79 Å². The first-order chi connectivity index (χ1) is 12.1. The molecule has 138 valence electrons. The maximum Gasteiger partial charge on any atom is 0.228 e. The normalized spacial score (nSPS) is 24.8. The number of nitrogen functional groups attached to an aromatic ring is 1. The predicted molar refractivity (Wildman–Crippen MR) is 97.1 cm³/mol. The summed E-state index contributed by atoms with van der Waals surface area (Å²) in [7, 11) is 1.67. The number of hydrogen-bond acceptors (Lipinski definition) is 6. The molecule has 0 bridgehead atoms. The molecule has 1 aromatic heterocycles. The van der Waals surface area contributed by atoms with Crippen LogP contribution in [0, 0.1) is 11.3 Å². The third-order valence-electron chi connectivity index (χ3n) is 5.58. The van der Waals surface area contributed by atoms with E-state index in [1.807, 2.05) is 0 Å². The maximum atomic E-state index is 12.9. The van der Waals surface area contributed by atoms with Crippen LogP contribution in [-0.2, 0) is 9.53 Å². The number of nitrogens with zero attached hydrogens (tertiary/aromatic N) is 3. The van der Waals surface area contributed by atoms with Crippen LogP contribution < -0.4 is 16.0 Å². The molecule has 2 aliphatic rings. The zero-order chi connectivity index (χ0) is 17.9. The second-order valence-electron chi connectivity index (χ2n) is 7.38. The molecule has 0 aromatic carbocycles. The van der Waals surface area contributed by atoms with Crippen LogP contribution in [0.3, 0.4) is 0 Å². The summed E-state index contributed by atoms with van der Waals surface area (Å²) in [5.74, 6) is 1.66. The quantitative estimate of drug-likeness (QED) is 0.778. The van der Waals surface area contributed by atoms with Gasteiger partial charge in [0.1, 0.15) is 5.82 Å². The molecule has 7 heteroatoms. The SMILES string of the molecule is CCCC1CN(c2nccc(N)n2)CC1NC(=O)C1(COC)CCC1. The molecular weight excluding hydrogens is 318 g/mol. The first-order valence-electron chi connectivity index (χ1n) is 9.21. The number of carbonyl (C=O) groups is 1. The van der Waals surface area contributed by atoms with Crippen LogP contribution in [-0.4, -0.2) is 48.7 Å². The fourth-order valence-corrected chi connectivity index (χ4v) is 4.01. The fraction of sp³-hybridized carbons (Fsp3) is 0.722. The van der Waals surface area contributed by atoms with Gasteiger partial charge in [0.25, 0.3) is 0 Å². The van der Waals surface area contributed by atoms with E-state index in [0.717, 1.165) is 45.2 Å². The van der Waals surface area contributed by atoms with Crippen LogP contribution in [0.2, 0.25) is 0 Å². The van der Waals surface area contributed by atoms with Gasteiger partial charge >= 0.3 is 0 Å². The Bertz CT molecular complexity index is 605. The number of methoxy groups -OCH3 is 1. The van der Waals surface area contributed by atoms with E-state index >= 15 is 0 Å². The summed E-state index contributed by atoms with van der Waals surface area (Å²) in [4.78, 5) is 23.7. The summed E-state index contributed by atoms with van der Waals surface area (Å²) in [6, 6.07) is 1.81. The van der Waals surface area contributed by atoms with Gasteiger partial charge in [-0.05, 0) is 31.2 Å². The van der Waals surface area contributed by atoms with E-state index < -0.39 is 0 Å². The summed E-state index contributed by atoms with van der Waals surface area (Å²) in [6.45, 7) is 4.26. The number of hydrogen-bond donors (Lipinski definition) is 2. The summed E-state index contributed by atoms with van der Waals surface area (Å²) in [5, 5.41) is 3.31. The molecular formula is C18H29N5O2. The largest absolute Gasteiger partial charge is 0.384 e. The molecule has 1 amide bonds. The number of carbonyl (C=O) groups excluding carboxylic acids is 1. The fourth-order valence-electron chi connectivity index (χ4n) is 4.01. The topological polar surface area (TPSA) is 93.4 Å². The van der Waals surface area contributed by atoms with Crippen LogP contribution in [0.1, 0.15) is 39.0 Å². The average molecular weight is 347 g/mol. The highest BCUT2D eigenvalue weighted by atomic mass is 16.5. The van der Waals surface area contributed by atoms with Crippen molar-refractivity contribution in [3.8, 4) is 0 Å². The molecule has 0 radical (unpaired) electrons. The van der Waals surface area contributed by atoms with Crippen LogP contribution in [0.5, 0.6) is 0 Å². The van der Waals surface area contributed by atoms with Crippen molar-refractivity contribution in [1.29, 1.82) is 0 Å². The predicted octanol–water partition coefficient (Wildman–Crippen LogP) is 1.60. The van der Waals surface area contributed by atoms with E-state index in [1.54, 1.807) is 19.4 Å². The number of aromatic nitrogens is 2. The zero-order valence-electron chi connectivity index (χ0n) is 15.2.